The third-order valence-corrected chi connectivity index (χ3v) is 4.14. The van der Waals surface area contributed by atoms with Crippen LogP contribution in [0.3, 0.4) is 0 Å². The van der Waals surface area contributed by atoms with Gasteiger partial charge in [0.1, 0.15) is 5.69 Å². The van der Waals surface area contributed by atoms with Crippen molar-refractivity contribution in [1.29, 1.82) is 0 Å². The van der Waals surface area contributed by atoms with E-state index in [0.29, 0.717) is 11.4 Å². The smallest absolute Gasteiger partial charge is 0.191 e. The summed E-state index contributed by atoms with van der Waals surface area (Å²) in [6.45, 7) is 3.73. The molecule has 0 saturated heterocycles. The van der Waals surface area contributed by atoms with Gasteiger partial charge in [-0.1, -0.05) is 6.92 Å². The molecule has 18 heavy (non-hydrogen) atoms. The van der Waals surface area contributed by atoms with E-state index in [4.69, 9.17) is 0 Å². The Hall–Kier alpha value is -0.330. The van der Waals surface area contributed by atoms with E-state index in [2.05, 4.69) is 32.9 Å². The van der Waals surface area contributed by atoms with Crippen molar-refractivity contribution in [2.24, 2.45) is 0 Å². The quantitative estimate of drug-likeness (QED) is 0.541. The summed E-state index contributed by atoms with van der Waals surface area (Å²) in [7, 11) is 4.02. The maximum Gasteiger partial charge on any atom is 0.191 e. The van der Waals surface area contributed by atoms with Crippen LogP contribution in [-0.2, 0) is 6.54 Å². The SMILES string of the molecule is CCCSCC(=O)c1c(Br)cnn1CCN(C)C. The van der Waals surface area contributed by atoms with Crippen molar-refractivity contribution in [3.8, 4) is 0 Å². The molecule has 1 rings (SSSR count). The van der Waals surface area contributed by atoms with Gasteiger partial charge in [-0.15, -0.1) is 0 Å². The molecule has 0 atom stereocenters. The van der Waals surface area contributed by atoms with Crippen LogP contribution in [0.1, 0.15) is 23.8 Å². The van der Waals surface area contributed by atoms with Crippen LogP contribution >= 0.6 is 27.7 Å². The molecule has 0 radical (unpaired) electrons. The number of thioether (sulfide) groups is 1. The summed E-state index contributed by atoms with van der Waals surface area (Å²) < 4.78 is 2.59. The predicted octanol–water partition coefficient (Wildman–Crippen LogP) is 2.53. The van der Waals surface area contributed by atoms with Gasteiger partial charge in [0.2, 0.25) is 0 Å². The Kier molecular flexibility index (Phi) is 6.96. The minimum absolute atomic E-state index is 0.150. The van der Waals surface area contributed by atoms with Crippen LogP contribution in [0.25, 0.3) is 0 Å². The van der Waals surface area contributed by atoms with Gasteiger partial charge in [-0.25, -0.2) is 0 Å². The van der Waals surface area contributed by atoms with Crippen LogP contribution < -0.4 is 0 Å². The number of hydrogen-bond donors (Lipinski definition) is 0. The summed E-state index contributed by atoms with van der Waals surface area (Å²) in [6, 6.07) is 0. The van der Waals surface area contributed by atoms with E-state index in [0.717, 1.165) is 29.7 Å². The van der Waals surface area contributed by atoms with Crippen molar-refractivity contribution < 1.29 is 4.79 Å². The third kappa shape index (κ3) is 4.74. The van der Waals surface area contributed by atoms with Crippen LogP contribution in [0.2, 0.25) is 0 Å². The van der Waals surface area contributed by atoms with E-state index < -0.39 is 0 Å². The minimum atomic E-state index is 0.150. The van der Waals surface area contributed by atoms with E-state index in [-0.39, 0.29) is 5.78 Å². The van der Waals surface area contributed by atoms with Gasteiger partial charge in [-0.2, -0.15) is 16.9 Å². The lowest BCUT2D eigenvalue weighted by Crippen LogP contribution is -2.22. The molecule has 0 aliphatic carbocycles. The first-order valence-electron chi connectivity index (χ1n) is 6.03. The molecule has 6 heteroatoms. The Balaban J connectivity index is 2.67. The number of halogens is 1. The molecule has 0 N–H and O–H groups in total. The third-order valence-electron chi connectivity index (χ3n) is 2.40. The number of rotatable bonds is 8. The molecule has 0 unspecified atom stereocenters. The fourth-order valence-electron chi connectivity index (χ4n) is 1.48. The van der Waals surface area contributed by atoms with Crippen LogP contribution in [0, 0.1) is 0 Å². The molecule has 1 heterocycles. The number of Topliss-reactive ketones (excluding diaryl/α,β-unsaturated/α-hetero) is 1. The van der Waals surface area contributed by atoms with Crippen LogP contribution in [0.5, 0.6) is 0 Å². The fourth-order valence-corrected chi connectivity index (χ4v) is 2.75. The molecule has 4 nitrogen and oxygen atoms in total. The van der Waals surface area contributed by atoms with Gasteiger partial charge in [0, 0.05) is 6.54 Å². The zero-order valence-corrected chi connectivity index (χ0v) is 13.6. The molecule has 0 amide bonds. The van der Waals surface area contributed by atoms with Gasteiger partial charge < -0.3 is 4.90 Å². The molecule has 0 fully saturated rings. The van der Waals surface area contributed by atoms with Gasteiger partial charge in [0.05, 0.1) is 23.0 Å². The molecule has 0 aliphatic heterocycles. The van der Waals surface area contributed by atoms with E-state index in [1.165, 1.54) is 0 Å². The van der Waals surface area contributed by atoms with Crippen molar-refractivity contribution in [3.63, 3.8) is 0 Å². The Labute approximate surface area is 121 Å². The van der Waals surface area contributed by atoms with Crippen LogP contribution in [0.15, 0.2) is 10.7 Å². The lowest BCUT2D eigenvalue weighted by atomic mass is 10.3. The Bertz CT molecular complexity index is 393. The monoisotopic (exact) mass is 333 g/mol. The standard InChI is InChI=1S/C12H20BrN3OS/c1-4-7-18-9-11(17)12-10(13)8-14-16(12)6-5-15(2)3/h8H,4-7,9H2,1-3H3. The summed E-state index contributed by atoms with van der Waals surface area (Å²) in [6.07, 6.45) is 2.80. The Morgan fingerprint density at radius 1 is 1.56 bits per heavy atom. The molecule has 102 valence electrons. The first-order valence-corrected chi connectivity index (χ1v) is 7.98. The highest BCUT2D eigenvalue weighted by molar-refractivity contribution is 9.10. The maximum absolute atomic E-state index is 12.1. The largest absolute Gasteiger partial charge is 0.308 e. The second-order valence-electron chi connectivity index (χ2n) is 4.34. The molecule has 0 aliphatic rings. The summed E-state index contributed by atoms with van der Waals surface area (Å²) in [4.78, 5) is 14.2. The second kappa shape index (κ2) is 7.96. The maximum atomic E-state index is 12.1. The van der Waals surface area contributed by atoms with Crippen LogP contribution in [0.4, 0.5) is 0 Å². The van der Waals surface area contributed by atoms with E-state index in [9.17, 15) is 4.79 Å². The number of carbonyl (C=O) groups excluding carboxylic acids is 1. The average Bonchev–Trinajstić information content (AvgIpc) is 2.68. The average molecular weight is 334 g/mol. The highest BCUT2D eigenvalue weighted by atomic mass is 79.9. The summed E-state index contributed by atoms with van der Waals surface area (Å²) >= 11 is 5.09. The van der Waals surface area contributed by atoms with Gasteiger partial charge in [-0.05, 0) is 42.2 Å². The van der Waals surface area contributed by atoms with Crippen molar-refractivity contribution in [2.45, 2.75) is 19.9 Å². The number of nitrogens with zero attached hydrogens (tertiary/aromatic N) is 3. The molecule has 0 bridgehead atoms. The Morgan fingerprint density at radius 3 is 2.89 bits per heavy atom. The van der Waals surface area contributed by atoms with Gasteiger partial charge in [0.25, 0.3) is 0 Å². The van der Waals surface area contributed by atoms with Crippen molar-refractivity contribution in [2.75, 3.05) is 32.1 Å². The highest BCUT2D eigenvalue weighted by Gasteiger charge is 2.16. The zero-order chi connectivity index (χ0) is 13.5. The number of likely N-dealkylation sites (N-methyl/N-ethyl adjacent to an activating group) is 1. The molecular formula is C12H20BrN3OS. The Morgan fingerprint density at radius 2 is 2.28 bits per heavy atom. The number of ketones is 1. The van der Waals surface area contributed by atoms with Crippen molar-refractivity contribution in [1.82, 2.24) is 14.7 Å². The van der Waals surface area contributed by atoms with E-state index >= 15 is 0 Å². The summed E-state index contributed by atoms with van der Waals surface area (Å²) in [5, 5.41) is 4.25. The fraction of sp³-hybridized carbons (Fsp3) is 0.667. The zero-order valence-electron chi connectivity index (χ0n) is 11.1. The second-order valence-corrected chi connectivity index (χ2v) is 6.30. The molecule has 0 spiro atoms. The van der Waals surface area contributed by atoms with E-state index in [1.807, 2.05) is 14.1 Å². The topological polar surface area (TPSA) is 38.1 Å². The predicted molar refractivity (Wildman–Crippen MR) is 80.4 cm³/mol. The van der Waals surface area contributed by atoms with Crippen LogP contribution in [-0.4, -0.2) is 52.6 Å². The highest BCUT2D eigenvalue weighted by Crippen LogP contribution is 2.18. The summed E-state index contributed by atoms with van der Waals surface area (Å²) in [5.74, 6) is 1.70. The number of carbonyl (C=O) groups is 1. The molecule has 1 aromatic rings. The van der Waals surface area contributed by atoms with Gasteiger partial charge >= 0.3 is 0 Å². The lowest BCUT2D eigenvalue weighted by molar-refractivity contribution is 0.101. The first-order chi connectivity index (χ1) is 8.56. The number of aromatic nitrogens is 2. The normalized spacial score (nSPS) is 11.2. The van der Waals surface area contributed by atoms with Crippen molar-refractivity contribution >= 4 is 33.5 Å². The van der Waals surface area contributed by atoms with Gasteiger partial charge in [-0.3, -0.25) is 9.48 Å². The first kappa shape index (κ1) is 15.7. The molecule has 1 aromatic heterocycles. The lowest BCUT2D eigenvalue weighted by Gasteiger charge is -2.11. The molecule has 0 saturated carbocycles. The summed E-state index contributed by atoms with van der Waals surface area (Å²) in [5.41, 5.74) is 0.695. The molecular weight excluding hydrogens is 314 g/mol. The van der Waals surface area contributed by atoms with E-state index in [1.54, 1.807) is 22.6 Å². The minimum Gasteiger partial charge on any atom is -0.308 e. The number of hydrogen-bond acceptors (Lipinski definition) is 4. The molecule has 0 aromatic carbocycles. The van der Waals surface area contributed by atoms with Crippen molar-refractivity contribution in [3.05, 3.63) is 16.4 Å². The van der Waals surface area contributed by atoms with Gasteiger partial charge in [0.15, 0.2) is 5.78 Å².